The Balaban J connectivity index is 2.12. The molecule has 1 saturated heterocycles. The van der Waals surface area contributed by atoms with Gasteiger partial charge in [0.15, 0.2) is 0 Å². The summed E-state index contributed by atoms with van der Waals surface area (Å²) in [5, 5.41) is 9.39. The van der Waals surface area contributed by atoms with Gasteiger partial charge in [-0.3, -0.25) is 9.69 Å². The van der Waals surface area contributed by atoms with Gasteiger partial charge >= 0.3 is 5.97 Å². The fourth-order valence-corrected chi connectivity index (χ4v) is 2.56. The van der Waals surface area contributed by atoms with E-state index in [1.807, 2.05) is 35.2 Å². The minimum absolute atomic E-state index is 0.0503. The first-order valence-electron chi connectivity index (χ1n) is 6.24. The number of aliphatic hydroxyl groups is 1. The minimum Gasteiger partial charge on any atom is -0.468 e. The Morgan fingerprint density at radius 2 is 2.11 bits per heavy atom. The third-order valence-corrected chi connectivity index (χ3v) is 3.53. The van der Waals surface area contributed by atoms with Crippen molar-refractivity contribution in [3.8, 4) is 0 Å². The van der Waals surface area contributed by atoms with Gasteiger partial charge in [0.2, 0.25) is 0 Å². The number of rotatable bonds is 4. The lowest BCUT2D eigenvalue weighted by atomic mass is 10.2. The van der Waals surface area contributed by atoms with Gasteiger partial charge < -0.3 is 9.84 Å². The predicted molar refractivity (Wildman–Crippen MR) is 67.9 cm³/mol. The number of benzene rings is 1. The Morgan fingerprint density at radius 3 is 2.72 bits per heavy atom. The van der Waals surface area contributed by atoms with Gasteiger partial charge in [-0.1, -0.05) is 30.3 Å². The molecule has 1 heterocycles. The summed E-state index contributed by atoms with van der Waals surface area (Å²) in [6, 6.07) is 9.80. The average Bonchev–Trinajstić information content (AvgIpc) is 2.82. The first-order valence-corrected chi connectivity index (χ1v) is 6.24. The van der Waals surface area contributed by atoms with E-state index in [1.165, 1.54) is 7.11 Å². The molecule has 4 heteroatoms. The van der Waals surface area contributed by atoms with Gasteiger partial charge in [-0.2, -0.15) is 0 Å². The summed E-state index contributed by atoms with van der Waals surface area (Å²) >= 11 is 0. The molecule has 0 aliphatic carbocycles. The van der Waals surface area contributed by atoms with Gasteiger partial charge in [0.25, 0.3) is 0 Å². The zero-order valence-corrected chi connectivity index (χ0v) is 10.6. The summed E-state index contributed by atoms with van der Waals surface area (Å²) in [6.45, 7) is 0.756. The van der Waals surface area contributed by atoms with E-state index >= 15 is 0 Å². The molecule has 1 aromatic carbocycles. The molecule has 0 bridgehead atoms. The Morgan fingerprint density at radius 1 is 1.39 bits per heavy atom. The Labute approximate surface area is 107 Å². The molecule has 1 N–H and O–H groups in total. The van der Waals surface area contributed by atoms with Crippen LogP contribution in [0.25, 0.3) is 0 Å². The maximum Gasteiger partial charge on any atom is 0.323 e. The highest BCUT2D eigenvalue weighted by atomic mass is 16.5. The van der Waals surface area contributed by atoms with Gasteiger partial charge in [-0.15, -0.1) is 0 Å². The minimum atomic E-state index is -0.229. The molecule has 0 saturated carbocycles. The second-order valence-corrected chi connectivity index (χ2v) is 4.61. The van der Waals surface area contributed by atoms with Crippen molar-refractivity contribution in [3.05, 3.63) is 35.9 Å². The molecule has 0 amide bonds. The number of nitrogens with zero attached hydrogens (tertiary/aromatic N) is 1. The molecule has 1 aromatic rings. The summed E-state index contributed by atoms with van der Waals surface area (Å²) in [4.78, 5) is 13.8. The van der Waals surface area contributed by atoms with Gasteiger partial charge in [-0.25, -0.2) is 0 Å². The van der Waals surface area contributed by atoms with Gasteiger partial charge in [0.05, 0.1) is 13.7 Å². The lowest BCUT2D eigenvalue weighted by molar-refractivity contribution is -0.146. The van der Waals surface area contributed by atoms with Gasteiger partial charge in [-0.05, 0) is 18.4 Å². The van der Waals surface area contributed by atoms with Crippen molar-refractivity contribution in [2.24, 2.45) is 0 Å². The van der Waals surface area contributed by atoms with Crippen molar-refractivity contribution >= 4 is 5.97 Å². The first kappa shape index (κ1) is 13.1. The highest BCUT2D eigenvalue weighted by Crippen LogP contribution is 2.26. The fraction of sp³-hybridized carbons (Fsp3) is 0.500. The average molecular weight is 249 g/mol. The van der Waals surface area contributed by atoms with E-state index in [-0.39, 0.29) is 24.7 Å². The maximum absolute atomic E-state index is 11.7. The van der Waals surface area contributed by atoms with Crippen LogP contribution in [0.3, 0.4) is 0 Å². The van der Waals surface area contributed by atoms with Crippen LogP contribution >= 0.6 is 0 Å². The summed E-state index contributed by atoms with van der Waals surface area (Å²) in [6.07, 6.45) is 1.59. The topological polar surface area (TPSA) is 49.8 Å². The lowest BCUT2D eigenvalue weighted by Crippen LogP contribution is -2.42. The van der Waals surface area contributed by atoms with Crippen molar-refractivity contribution < 1.29 is 14.6 Å². The predicted octanol–water partition coefficient (Wildman–Crippen LogP) is 1.18. The molecular weight excluding hydrogens is 230 g/mol. The van der Waals surface area contributed by atoms with Crippen LogP contribution in [0.5, 0.6) is 0 Å². The number of likely N-dealkylation sites (tertiary alicyclic amines) is 1. The Bertz CT molecular complexity index is 393. The molecule has 1 aliphatic rings. The normalized spacial score (nSPS) is 24.1. The number of hydrogen-bond donors (Lipinski definition) is 1. The lowest BCUT2D eigenvalue weighted by Gasteiger charge is -2.27. The summed E-state index contributed by atoms with van der Waals surface area (Å²) in [5.74, 6) is -0.207. The number of ether oxygens (including phenoxy) is 1. The maximum atomic E-state index is 11.7. The first-order chi connectivity index (χ1) is 8.76. The van der Waals surface area contributed by atoms with Crippen LogP contribution in [-0.2, 0) is 16.1 Å². The monoisotopic (exact) mass is 249 g/mol. The molecule has 0 aromatic heterocycles. The van der Waals surface area contributed by atoms with Crippen LogP contribution in [0, 0.1) is 0 Å². The molecule has 98 valence electrons. The van der Waals surface area contributed by atoms with E-state index in [1.54, 1.807) is 0 Å². The molecule has 18 heavy (non-hydrogen) atoms. The summed E-state index contributed by atoms with van der Waals surface area (Å²) in [7, 11) is 1.41. The van der Waals surface area contributed by atoms with Crippen LogP contribution in [-0.4, -0.2) is 41.8 Å². The molecule has 0 spiro atoms. The van der Waals surface area contributed by atoms with Crippen LogP contribution in [0.4, 0.5) is 0 Å². The number of hydrogen-bond acceptors (Lipinski definition) is 4. The molecule has 1 fully saturated rings. The third-order valence-electron chi connectivity index (χ3n) is 3.53. The van der Waals surface area contributed by atoms with E-state index in [2.05, 4.69) is 0 Å². The van der Waals surface area contributed by atoms with Crippen molar-refractivity contribution in [2.75, 3.05) is 13.7 Å². The van der Waals surface area contributed by atoms with Crippen LogP contribution < -0.4 is 0 Å². The second kappa shape index (κ2) is 5.98. The number of esters is 1. The second-order valence-electron chi connectivity index (χ2n) is 4.61. The molecular formula is C14H19NO3. The number of aliphatic hydroxyl groups excluding tert-OH is 1. The molecule has 4 nitrogen and oxygen atoms in total. The molecule has 0 unspecified atom stereocenters. The molecule has 2 atom stereocenters. The molecule has 2 rings (SSSR count). The highest BCUT2D eigenvalue weighted by molar-refractivity contribution is 5.76. The van der Waals surface area contributed by atoms with Crippen LogP contribution in [0.2, 0.25) is 0 Å². The number of methoxy groups -OCH3 is 1. The third kappa shape index (κ3) is 2.71. The SMILES string of the molecule is COC(=O)[C@H]1CC[C@H](CO)N1Cc1ccccc1. The quantitative estimate of drug-likeness (QED) is 0.814. The smallest absolute Gasteiger partial charge is 0.323 e. The van der Waals surface area contributed by atoms with E-state index in [9.17, 15) is 9.90 Å². The van der Waals surface area contributed by atoms with Crippen molar-refractivity contribution in [2.45, 2.75) is 31.5 Å². The standard InChI is InChI=1S/C14H19NO3/c1-18-14(17)13-8-7-12(10-16)15(13)9-11-5-3-2-4-6-11/h2-6,12-13,16H,7-10H2,1H3/t12-,13-/m1/s1. The number of carbonyl (C=O) groups is 1. The van der Waals surface area contributed by atoms with E-state index < -0.39 is 0 Å². The van der Waals surface area contributed by atoms with E-state index in [0.717, 1.165) is 18.4 Å². The highest BCUT2D eigenvalue weighted by Gasteiger charge is 2.37. The van der Waals surface area contributed by atoms with Crippen molar-refractivity contribution in [1.29, 1.82) is 0 Å². The fourth-order valence-electron chi connectivity index (χ4n) is 2.56. The van der Waals surface area contributed by atoms with Crippen molar-refractivity contribution in [3.63, 3.8) is 0 Å². The Hall–Kier alpha value is -1.39. The zero-order valence-electron chi connectivity index (χ0n) is 10.6. The van der Waals surface area contributed by atoms with E-state index in [4.69, 9.17) is 4.74 Å². The zero-order chi connectivity index (χ0) is 13.0. The Kier molecular flexibility index (Phi) is 4.33. The van der Waals surface area contributed by atoms with Crippen LogP contribution in [0.15, 0.2) is 30.3 Å². The largest absolute Gasteiger partial charge is 0.468 e. The summed E-state index contributed by atoms with van der Waals surface area (Å²) in [5.41, 5.74) is 1.15. The number of carbonyl (C=O) groups excluding carboxylic acids is 1. The van der Waals surface area contributed by atoms with E-state index in [0.29, 0.717) is 6.54 Å². The summed E-state index contributed by atoms with van der Waals surface area (Å²) < 4.78 is 4.83. The van der Waals surface area contributed by atoms with Gasteiger partial charge in [0, 0.05) is 12.6 Å². The molecule has 1 aliphatic heterocycles. The van der Waals surface area contributed by atoms with Crippen molar-refractivity contribution in [1.82, 2.24) is 4.90 Å². The molecule has 0 radical (unpaired) electrons. The van der Waals surface area contributed by atoms with Crippen LogP contribution in [0.1, 0.15) is 18.4 Å². The van der Waals surface area contributed by atoms with Gasteiger partial charge in [0.1, 0.15) is 6.04 Å².